The maximum Gasteiger partial charge on any atom is 0.326 e. The third kappa shape index (κ3) is 8.14. The number of hydrogen-bond acceptors (Lipinski definition) is 5. The molecule has 0 aromatic heterocycles. The molecule has 0 bridgehead atoms. The number of hydrogen-bond donors (Lipinski definition) is 4. The molecule has 4 unspecified atom stereocenters. The van der Waals surface area contributed by atoms with Crippen LogP contribution < -0.4 is 16.4 Å². The fourth-order valence-electron chi connectivity index (χ4n) is 4.76. The number of aliphatic carboxylic acids is 1. The molecule has 9 heteroatoms. The fraction of sp³-hybridized carbons (Fsp3) is 0.448. The van der Waals surface area contributed by atoms with Crippen molar-refractivity contribution in [2.45, 2.75) is 70.1 Å². The molecule has 204 valence electrons. The van der Waals surface area contributed by atoms with Crippen LogP contribution in [0, 0.1) is 5.92 Å². The summed E-state index contributed by atoms with van der Waals surface area (Å²) in [5.74, 6) is -2.39. The van der Waals surface area contributed by atoms with Crippen LogP contribution in [-0.2, 0) is 32.0 Å². The Morgan fingerprint density at radius 2 is 1.50 bits per heavy atom. The quantitative estimate of drug-likeness (QED) is 0.335. The van der Waals surface area contributed by atoms with Crippen molar-refractivity contribution in [1.29, 1.82) is 0 Å². The van der Waals surface area contributed by atoms with Gasteiger partial charge in [0.25, 0.3) is 0 Å². The van der Waals surface area contributed by atoms with Gasteiger partial charge in [0, 0.05) is 13.0 Å². The first-order valence-corrected chi connectivity index (χ1v) is 13.1. The van der Waals surface area contributed by atoms with Gasteiger partial charge in [0.2, 0.25) is 17.7 Å². The number of rotatable bonds is 12. The van der Waals surface area contributed by atoms with Crippen LogP contribution in [0.25, 0.3) is 0 Å². The van der Waals surface area contributed by atoms with Crippen molar-refractivity contribution in [3.05, 3.63) is 71.8 Å². The second kappa shape index (κ2) is 13.7. The molecular formula is C29H38N4O5. The lowest BCUT2D eigenvalue weighted by molar-refractivity contribution is -0.143. The lowest BCUT2D eigenvalue weighted by atomic mass is 10.0. The molecule has 38 heavy (non-hydrogen) atoms. The SMILES string of the molecule is CC(C)CC(NC(=O)C1CCCN1C(=O)C(N)Cc1ccccc1)C(=O)NC(Cc1ccccc1)C(=O)O. The molecule has 5 N–H and O–H groups in total. The molecule has 0 radical (unpaired) electrons. The van der Waals surface area contributed by atoms with Crippen LogP contribution in [0.3, 0.4) is 0 Å². The number of carbonyl (C=O) groups is 4. The summed E-state index contributed by atoms with van der Waals surface area (Å²) in [6, 6.07) is 14.9. The zero-order chi connectivity index (χ0) is 27.7. The second-order valence-corrected chi connectivity index (χ2v) is 10.3. The average molecular weight is 523 g/mol. The zero-order valence-corrected chi connectivity index (χ0v) is 22.0. The van der Waals surface area contributed by atoms with Gasteiger partial charge in [0.15, 0.2) is 0 Å². The number of carbonyl (C=O) groups excluding carboxylic acids is 3. The van der Waals surface area contributed by atoms with E-state index in [-0.39, 0.29) is 18.2 Å². The largest absolute Gasteiger partial charge is 0.480 e. The van der Waals surface area contributed by atoms with E-state index in [9.17, 15) is 24.3 Å². The summed E-state index contributed by atoms with van der Waals surface area (Å²) in [6.45, 7) is 4.25. The van der Waals surface area contributed by atoms with Gasteiger partial charge in [-0.2, -0.15) is 0 Å². The highest BCUT2D eigenvalue weighted by Gasteiger charge is 2.38. The van der Waals surface area contributed by atoms with Crippen molar-refractivity contribution < 1.29 is 24.3 Å². The number of amides is 3. The maximum absolute atomic E-state index is 13.3. The number of nitrogens with one attached hydrogen (secondary N) is 2. The van der Waals surface area contributed by atoms with Gasteiger partial charge in [-0.1, -0.05) is 74.5 Å². The Balaban J connectivity index is 1.66. The average Bonchev–Trinajstić information content (AvgIpc) is 3.38. The molecule has 3 rings (SSSR count). The molecule has 2 aromatic carbocycles. The van der Waals surface area contributed by atoms with Gasteiger partial charge in [-0.15, -0.1) is 0 Å². The van der Waals surface area contributed by atoms with E-state index in [2.05, 4.69) is 10.6 Å². The number of carboxylic acid groups (broad SMARTS) is 1. The van der Waals surface area contributed by atoms with E-state index in [1.807, 2.05) is 50.2 Å². The normalized spacial score (nSPS) is 17.5. The van der Waals surface area contributed by atoms with Gasteiger partial charge in [0.05, 0.1) is 6.04 Å². The van der Waals surface area contributed by atoms with Crippen molar-refractivity contribution >= 4 is 23.7 Å². The monoisotopic (exact) mass is 522 g/mol. The van der Waals surface area contributed by atoms with E-state index in [4.69, 9.17) is 5.73 Å². The molecule has 0 saturated carbocycles. The Kier molecular flexibility index (Phi) is 10.4. The molecule has 1 fully saturated rings. The van der Waals surface area contributed by atoms with Crippen LogP contribution in [0.5, 0.6) is 0 Å². The van der Waals surface area contributed by atoms with Crippen molar-refractivity contribution in [3.63, 3.8) is 0 Å². The van der Waals surface area contributed by atoms with Crippen LogP contribution in [0.2, 0.25) is 0 Å². The Labute approximate surface area is 223 Å². The summed E-state index contributed by atoms with van der Waals surface area (Å²) in [5, 5.41) is 15.1. The van der Waals surface area contributed by atoms with E-state index in [1.54, 1.807) is 24.3 Å². The van der Waals surface area contributed by atoms with Crippen LogP contribution in [0.4, 0.5) is 0 Å². The molecule has 1 saturated heterocycles. The molecule has 0 spiro atoms. The lowest BCUT2D eigenvalue weighted by Gasteiger charge is -2.29. The summed E-state index contributed by atoms with van der Waals surface area (Å²) in [4.78, 5) is 53.0. The smallest absolute Gasteiger partial charge is 0.326 e. The highest BCUT2D eigenvalue weighted by Crippen LogP contribution is 2.20. The number of carboxylic acids is 1. The predicted molar refractivity (Wildman–Crippen MR) is 144 cm³/mol. The molecular weight excluding hydrogens is 484 g/mol. The molecule has 9 nitrogen and oxygen atoms in total. The van der Waals surface area contributed by atoms with E-state index >= 15 is 0 Å². The van der Waals surface area contributed by atoms with E-state index in [0.29, 0.717) is 32.2 Å². The summed E-state index contributed by atoms with van der Waals surface area (Å²) in [7, 11) is 0. The topological polar surface area (TPSA) is 142 Å². The first-order valence-electron chi connectivity index (χ1n) is 13.1. The zero-order valence-electron chi connectivity index (χ0n) is 22.0. The predicted octanol–water partition coefficient (Wildman–Crippen LogP) is 1.89. The number of likely N-dealkylation sites (tertiary alicyclic amines) is 1. The Morgan fingerprint density at radius 3 is 2.05 bits per heavy atom. The minimum absolute atomic E-state index is 0.0593. The minimum atomic E-state index is -1.16. The second-order valence-electron chi connectivity index (χ2n) is 10.3. The Bertz CT molecular complexity index is 1090. The Hall–Kier alpha value is -3.72. The highest BCUT2D eigenvalue weighted by atomic mass is 16.4. The van der Waals surface area contributed by atoms with Crippen molar-refractivity contribution in [3.8, 4) is 0 Å². The summed E-state index contributed by atoms with van der Waals surface area (Å²) < 4.78 is 0. The third-order valence-corrected chi connectivity index (χ3v) is 6.69. The lowest BCUT2D eigenvalue weighted by Crippen LogP contribution is -2.57. The molecule has 1 aliphatic heterocycles. The van der Waals surface area contributed by atoms with Gasteiger partial charge >= 0.3 is 5.97 Å². The summed E-state index contributed by atoms with van der Waals surface area (Å²) in [6.07, 6.45) is 1.93. The minimum Gasteiger partial charge on any atom is -0.480 e. The molecule has 2 aromatic rings. The molecule has 0 aliphatic carbocycles. The van der Waals surface area contributed by atoms with Gasteiger partial charge < -0.3 is 26.4 Å². The Morgan fingerprint density at radius 1 is 0.921 bits per heavy atom. The number of nitrogens with zero attached hydrogens (tertiary/aromatic N) is 1. The molecule has 1 heterocycles. The molecule has 4 atom stereocenters. The van der Waals surface area contributed by atoms with Crippen LogP contribution in [-0.4, -0.2) is 64.4 Å². The standard InChI is InChI=1S/C29H38N4O5/c1-19(2)16-23(26(34)32-24(29(37)38)18-21-12-7-4-8-13-21)31-27(35)25-14-9-15-33(25)28(36)22(30)17-20-10-5-3-6-11-20/h3-8,10-13,19,22-25H,9,14-18,30H2,1-2H3,(H,31,35)(H,32,34)(H,37,38). The van der Waals surface area contributed by atoms with E-state index in [1.165, 1.54) is 4.90 Å². The van der Waals surface area contributed by atoms with Crippen molar-refractivity contribution in [1.82, 2.24) is 15.5 Å². The van der Waals surface area contributed by atoms with Crippen molar-refractivity contribution in [2.75, 3.05) is 6.54 Å². The van der Waals surface area contributed by atoms with Crippen LogP contribution >= 0.6 is 0 Å². The van der Waals surface area contributed by atoms with Gasteiger partial charge in [-0.05, 0) is 42.7 Å². The highest BCUT2D eigenvalue weighted by molar-refractivity contribution is 5.94. The van der Waals surface area contributed by atoms with E-state index in [0.717, 1.165) is 11.1 Å². The summed E-state index contributed by atoms with van der Waals surface area (Å²) >= 11 is 0. The van der Waals surface area contributed by atoms with Gasteiger partial charge in [0.1, 0.15) is 18.1 Å². The first-order chi connectivity index (χ1) is 18.2. The van der Waals surface area contributed by atoms with Crippen LogP contribution in [0.1, 0.15) is 44.2 Å². The van der Waals surface area contributed by atoms with Crippen LogP contribution in [0.15, 0.2) is 60.7 Å². The fourth-order valence-corrected chi connectivity index (χ4v) is 4.76. The molecule has 1 aliphatic rings. The number of nitrogens with two attached hydrogens (primary N) is 1. The third-order valence-electron chi connectivity index (χ3n) is 6.69. The molecule has 3 amide bonds. The van der Waals surface area contributed by atoms with Gasteiger partial charge in [-0.25, -0.2) is 4.79 Å². The maximum atomic E-state index is 13.3. The number of benzene rings is 2. The van der Waals surface area contributed by atoms with E-state index < -0.39 is 42.0 Å². The summed E-state index contributed by atoms with van der Waals surface area (Å²) in [5.41, 5.74) is 7.92. The van der Waals surface area contributed by atoms with Crippen molar-refractivity contribution in [2.24, 2.45) is 11.7 Å². The first kappa shape index (κ1) is 28.8. The van der Waals surface area contributed by atoms with Gasteiger partial charge in [-0.3, -0.25) is 14.4 Å².